The SMILES string of the molecule is Clc1ccc(C23CC(C4CCCCC4)(C2)C3)cc1. The van der Waals surface area contributed by atoms with Gasteiger partial charge in [0.1, 0.15) is 0 Å². The maximum absolute atomic E-state index is 5.98. The minimum Gasteiger partial charge on any atom is -0.0843 e. The first-order chi connectivity index (χ1) is 8.73. The Bertz CT molecular complexity index is 433. The third-order valence-electron chi connectivity index (χ3n) is 6.00. The van der Waals surface area contributed by atoms with Crippen molar-refractivity contribution in [2.75, 3.05) is 0 Å². The Kier molecular flexibility index (Phi) is 2.37. The Morgan fingerprint density at radius 1 is 0.889 bits per heavy atom. The van der Waals surface area contributed by atoms with E-state index in [1.165, 1.54) is 51.4 Å². The normalized spacial score (nSPS) is 38.9. The van der Waals surface area contributed by atoms with Gasteiger partial charge in [0.15, 0.2) is 0 Å². The summed E-state index contributed by atoms with van der Waals surface area (Å²) in [6.45, 7) is 0. The first kappa shape index (κ1) is 11.3. The number of halogens is 1. The Morgan fingerprint density at radius 2 is 1.50 bits per heavy atom. The molecule has 0 N–H and O–H groups in total. The highest BCUT2D eigenvalue weighted by Crippen LogP contribution is 2.77. The topological polar surface area (TPSA) is 0 Å². The van der Waals surface area contributed by atoms with E-state index < -0.39 is 0 Å². The van der Waals surface area contributed by atoms with Gasteiger partial charge in [-0.2, -0.15) is 0 Å². The van der Waals surface area contributed by atoms with Gasteiger partial charge < -0.3 is 0 Å². The molecule has 0 radical (unpaired) electrons. The summed E-state index contributed by atoms with van der Waals surface area (Å²) in [6.07, 6.45) is 11.9. The summed E-state index contributed by atoms with van der Waals surface area (Å²) >= 11 is 5.98. The molecule has 0 spiro atoms. The van der Waals surface area contributed by atoms with Crippen molar-refractivity contribution in [3.8, 4) is 0 Å². The molecule has 4 saturated carbocycles. The monoisotopic (exact) mass is 260 g/mol. The van der Waals surface area contributed by atoms with Gasteiger partial charge in [0, 0.05) is 5.02 Å². The van der Waals surface area contributed by atoms with E-state index in [1.54, 1.807) is 5.56 Å². The lowest BCUT2D eigenvalue weighted by molar-refractivity contribution is -0.187. The summed E-state index contributed by atoms with van der Waals surface area (Å²) in [7, 11) is 0. The van der Waals surface area contributed by atoms with Crippen molar-refractivity contribution in [1.29, 1.82) is 0 Å². The molecule has 0 aromatic heterocycles. The second kappa shape index (κ2) is 3.76. The van der Waals surface area contributed by atoms with Crippen LogP contribution >= 0.6 is 11.6 Å². The summed E-state index contributed by atoms with van der Waals surface area (Å²) in [5.74, 6) is 1.06. The van der Waals surface area contributed by atoms with Crippen molar-refractivity contribution < 1.29 is 0 Å². The number of hydrogen-bond donors (Lipinski definition) is 0. The van der Waals surface area contributed by atoms with Crippen molar-refractivity contribution in [1.82, 2.24) is 0 Å². The number of benzene rings is 1. The van der Waals surface area contributed by atoms with Crippen LogP contribution in [-0.2, 0) is 5.41 Å². The molecule has 1 aromatic carbocycles. The zero-order valence-corrected chi connectivity index (χ0v) is 11.7. The van der Waals surface area contributed by atoms with Crippen LogP contribution in [-0.4, -0.2) is 0 Å². The van der Waals surface area contributed by atoms with Crippen LogP contribution in [0.2, 0.25) is 5.02 Å². The van der Waals surface area contributed by atoms with Crippen LogP contribution < -0.4 is 0 Å². The van der Waals surface area contributed by atoms with E-state index in [0.29, 0.717) is 5.41 Å². The number of hydrogen-bond acceptors (Lipinski definition) is 0. The first-order valence-corrected chi connectivity index (χ1v) is 7.86. The van der Waals surface area contributed by atoms with Crippen LogP contribution in [0.5, 0.6) is 0 Å². The molecule has 0 unspecified atom stereocenters. The van der Waals surface area contributed by atoms with Gasteiger partial charge in [0.25, 0.3) is 0 Å². The van der Waals surface area contributed by atoms with Gasteiger partial charge in [-0.25, -0.2) is 0 Å². The molecular weight excluding hydrogens is 240 g/mol. The number of rotatable bonds is 2. The lowest BCUT2D eigenvalue weighted by atomic mass is 9.30. The van der Waals surface area contributed by atoms with Crippen molar-refractivity contribution in [3.63, 3.8) is 0 Å². The summed E-state index contributed by atoms with van der Waals surface area (Å²) in [6, 6.07) is 8.63. The van der Waals surface area contributed by atoms with E-state index >= 15 is 0 Å². The van der Waals surface area contributed by atoms with Gasteiger partial charge in [-0.3, -0.25) is 0 Å². The average molecular weight is 261 g/mol. The Morgan fingerprint density at radius 3 is 2.11 bits per heavy atom. The molecule has 0 atom stereocenters. The molecule has 0 aliphatic heterocycles. The third-order valence-corrected chi connectivity index (χ3v) is 6.25. The lowest BCUT2D eigenvalue weighted by Crippen LogP contribution is -2.67. The fourth-order valence-electron chi connectivity index (χ4n) is 5.12. The van der Waals surface area contributed by atoms with Crippen LogP contribution in [0.25, 0.3) is 0 Å². The fraction of sp³-hybridized carbons (Fsp3) is 0.647. The van der Waals surface area contributed by atoms with Crippen molar-refractivity contribution in [3.05, 3.63) is 34.9 Å². The van der Waals surface area contributed by atoms with Crippen molar-refractivity contribution in [2.24, 2.45) is 11.3 Å². The van der Waals surface area contributed by atoms with Gasteiger partial charge in [-0.15, -0.1) is 0 Å². The molecule has 5 rings (SSSR count). The molecule has 1 heteroatoms. The van der Waals surface area contributed by atoms with E-state index in [0.717, 1.165) is 16.4 Å². The highest BCUT2D eigenvalue weighted by atomic mass is 35.5. The smallest absolute Gasteiger partial charge is 0.0406 e. The second-order valence-electron chi connectivity index (χ2n) is 7.01. The Labute approximate surface area is 115 Å². The summed E-state index contributed by atoms with van der Waals surface area (Å²) in [5.41, 5.74) is 2.87. The summed E-state index contributed by atoms with van der Waals surface area (Å²) < 4.78 is 0. The van der Waals surface area contributed by atoms with E-state index in [-0.39, 0.29) is 0 Å². The van der Waals surface area contributed by atoms with Gasteiger partial charge in [0.05, 0.1) is 0 Å². The highest BCUT2D eigenvalue weighted by Gasteiger charge is 2.70. The molecule has 2 bridgehead atoms. The van der Waals surface area contributed by atoms with Crippen molar-refractivity contribution in [2.45, 2.75) is 56.8 Å². The van der Waals surface area contributed by atoms with E-state index in [4.69, 9.17) is 11.6 Å². The van der Waals surface area contributed by atoms with Crippen LogP contribution in [0, 0.1) is 11.3 Å². The molecule has 4 aliphatic carbocycles. The Balaban J connectivity index is 1.48. The quantitative estimate of drug-likeness (QED) is 0.673. The Hall–Kier alpha value is -0.490. The van der Waals surface area contributed by atoms with E-state index in [2.05, 4.69) is 24.3 Å². The molecule has 1 aromatic rings. The molecule has 4 fully saturated rings. The van der Waals surface area contributed by atoms with E-state index in [9.17, 15) is 0 Å². The van der Waals surface area contributed by atoms with Crippen molar-refractivity contribution >= 4 is 11.6 Å². The van der Waals surface area contributed by atoms with Gasteiger partial charge in [-0.1, -0.05) is 43.0 Å². The zero-order valence-electron chi connectivity index (χ0n) is 10.9. The highest BCUT2D eigenvalue weighted by molar-refractivity contribution is 6.30. The largest absolute Gasteiger partial charge is 0.0843 e. The van der Waals surface area contributed by atoms with Crippen LogP contribution in [0.1, 0.15) is 56.9 Å². The maximum Gasteiger partial charge on any atom is 0.0406 e. The average Bonchev–Trinajstić information content (AvgIpc) is 2.30. The lowest BCUT2D eigenvalue weighted by Gasteiger charge is -2.74. The third kappa shape index (κ3) is 1.45. The minimum absolute atomic E-state index is 0.558. The van der Waals surface area contributed by atoms with Gasteiger partial charge in [0.2, 0.25) is 0 Å². The maximum atomic E-state index is 5.98. The standard InChI is InChI=1S/C17H21Cl/c18-15-8-6-14(7-9-15)17-10-16(11-17,12-17)13-4-2-1-3-5-13/h6-9,13H,1-5,10-12H2. The molecule has 96 valence electrons. The molecular formula is C17H21Cl. The molecule has 18 heavy (non-hydrogen) atoms. The zero-order chi connectivity index (χ0) is 12.2. The second-order valence-corrected chi connectivity index (χ2v) is 7.45. The van der Waals surface area contributed by atoms with Gasteiger partial charge in [-0.05, 0) is 66.5 Å². The van der Waals surface area contributed by atoms with Gasteiger partial charge >= 0.3 is 0 Å². The molecule has 0 amide bonds. The fourth-order valence-corrected chi connectivity index (χ4v) is 5.25. The molecule has 0 nitrogen and oxygen atoms in total. The molecule has 0 saturated heterocycles. The van der Waals surface area contributed by atoms with Crippen LogP contribution in [0.15, 0.2) is 24.3 Å². The molecule has 0 heterocycles. The summed E-state index contributed by atoms with van der Waals surface area (Å²) in [4.78, 5) is 0. The first-order valence-electron chi connectivity index (χ1n) is 7.49. The predicted octanol–water partition coefficient (Wildman–Crippen LogP) is 5.34. The molecule has 4 aliphatic rings. The summed E-state index contributed by atoms with van der Waals surface area (Å²) in [5, 5.41) is 0.868. The van der Waals surface area contributed by atoms with Crippen LogP contribution in [0.4, 0.5) is 0 Å². The van der Waals surface area contributed by atoms with Crippen LogP contribution in [0.3, 0.4) is 0 Å². The predicted molar refractivity (Wildman–Crippen MR) is 76.0 cm³/mol. The van der Waals surface area contributed by atoms with E-state index in [1.807, 2.05) is 0 Å². The minimum atomic E-state index is 0.558.